The molecule has 0 spiro atoms. The second-order valence-electron chi connectivity index (χ2n) is 10.3. The van der Waals surface area contributed by atoms with Crippen LogP contribution in [-0.4, -0.2) is 40.9 Å². The van der Waals surface area contributed by atoms with Gasteiger partial charge < -0.3 is 10.1 Å². The molecule has 4 heterocycles. The molecule has 2 aliphatic rings. The van der Waals surface area contributed by atoms with Crippen LogP contribution >= 0.6 is 22.9 Å². The van der Waals surface area contributed by atoms with E-state index in [9.17, 15) is 9.59 Å². The molecule has 1 N–H and O–H groups in total. The number of halogens is 1. The molecule has 2 amide bonds. The van der Waals surface area contributed by atoms with Crippen LogP contribution in [0.15, 0.2) is 30.5 Å². The molecular weight excluding hydrogens is 482 g/mol. The molecule has 0 bridgehead atoms. The lowest BCUT2D eigenvalue weighted by molar-refractivity contribution is -0.153. The molecule has 0 unspecified atom stereocenters. The summed E-state index contributed by atoms with van der Waals surface area (Å²) in [5.41, 5.74) is 3.50. The van der Waals surface area contributed by atoms with Gasteiger partial charge in [0, 0.05) is 40.1 Å². The first-order valence-corrected chi connectivity index (χ1v) is 13.3. The van der Waals surface area contributed by atoms with E-state index in [0.29, 0.717) is 17.9 Å². The van der Waals surface area contributed by atoms with E-state index in [4.69, 9.17) is 16.3 Å². The highest BCUT2D eigenvalue weighted by Crippen LogP contribution is 2.42. The fraction of sp³-hybridized carbons (Fsp3) is 0.444. The van der Waals surface area contributed by atoms with Gasteiger partial charge in [-0.1, -0.05) is 25.4 Å². The molecule has 0 aliphatic carbocycles. The summed E-state index contributed by atoms with van der Waals surface area (Å²) in [6.45, 7) is 8.13. The molecule has 5 rings (SSSR count). The molecule has 35 heavy (non-hydrogen) atoms. The van der Waals surface area contributed by atoms with Crippen LogP contribution in [0, 0.1) is 12.3 Å². The molecular formula is C27H30ClN3O3S. The number of likely N-dealkylation sites (tertiary alicyclic amines) is 1. The minimum Gasteiger partial charge on any atom is -0.489 e. The summed E-state index contributed by atoms with van der Waals surface area (Å²) in [6.07, 6.45) is 4.64. The minimum atomic E-state index is -0.283. The number of carbonyl (C=O) groups is 2. The first kappa shape index (κ1) is 24.2. The van der Waals surface area contributed by atoms with Gasteiger partial charge in [0.2, 0.25) is 11.8 Å². The summed E-state index contributed by atoms with van der Waals surface area (Å²) < 4.78 is 7.54. The predicted molar refractivity (Wildman–Crippen MR) is 140 cm³/mol. The van der Waals surface area contributed by atoms with Gasteiger partial charge in [0.1, 0.15) is 11.9 Å². The van der Waals surface area contributed by atoms with Gasteiger partial charge in [0.25, 0.3) is 0 Å². The Hall–Kier alpha value is -2.48. The number of aromatic nitrogens is 1. The van der Waals surface area contributed by atoms with Crippen molar-refractivity contribution in [2.45, 2.75) is 59.1 Å². The zero-order valence-corrected chi connectivity index (χ0v) is 21.9. The first-order chi connectivity index (χ1) is 16.7. The zero-order chi connectivity index (χ0) is 24.7. The zero-order valence-electron chi connectivity index (χ0n) is 20.3. The molecule has 3 aromatic rings. The molecule has 8 heteroatoms. The van der Waals surface area contributed by atoms with E-state index in [0.717, 1.165) is 63.5 Å². The van der Waals surface area contributed by atoms with E-state index in [1.165, 1.54) is 4.90 Å². The molecule has 2 saturated heterocycles. The van der Waals surface area contributed by atoms with Crippen LogP contribution in [0.25, 0.3) is 21.3 Å². The van der Waals surface area contributed by atoms with E-state index in [2.05, 4.69) is 10.3 Å². The number of hydrogen-bond acceptors (Lipinski definition) is 6. The van der Waals surface area contributed by atoms with Gasteiger partial charge >= 0.3 is 0 Å². The van der Waals surface area contributed by atoms with E-state index in [1.807, 2.05) is 45.0 Å². The molecule has 0 radical (unpaired) electrons. The average Bonchev–Trinajstić information content (AvgIpc) is 3.21. The topological polar surface area (TPSA) is 71.5 Å². The Morgan fingerprint density at radius 1 is 1.14 bits per heavy atom. The van der Waals surface area contributed by atoms with Crippen molar-refractivity contribution in [1.82, 2.24) is 15.2 Å². The SMILES string of the molecule is Cc1cc(Cl)cc(-c2ccnc3cc(CN4C(=O)CC(C)(C)CC4=O)sc23)c1OC1CCNCC1. The number of ether oxygens (including phenoxy) is 1. The number of hydrogen-bond donors (Lipinski definition) is 1. The van der Waals surface area contributed by atoms with Crippen LogP contribution in [-0.2, 0) is 16.1 Å². The van der Waals surface area contributed by atoms with Crippen LogP contribution < -0.4 is 10.1 Å². The molecule has 6 nitrogen and oxygen atoms in total. The second-order valence-corrected chi connectivity index (χ2v) is 11.9. The summed E-state index contributed by atoms with van der Waals surface area (Å²) in [5.74, 6) is 0.632. The number of thiophene rings is 1. The van der Waals surface area contributed by atoms with Gasteiger partial charge in [0.15, 0.2) is 0 Å². The third kappa shape index (κ3) is 5.08. The summed E-state index contributed by atoms with van der Waals surface area (Å²) in [6, 6.07) is 7.87. The van der Waals surface area contributed by atoms with Crippen LogP contribution in [0.5, 0.6) is 5.75 Å². The van der Waals surface area contributed by atoms with Crippen LogP contribution in [0.2, 0.25) is 5.02 Å². The third-order valence-electron chi connectivity index (χ3n) is 6.74. The Kier molecular flexibility index (Phi) is 6.59. The van der Waals surface area contributed by atoms with Crippen molar-refractivity contribution >= 4 is 45.0 Å². The van der Waals surface area contributed by atoms with Gasteiger partial charge in [-0.3, -0.25) is 19.5 Å². The molecule has 1 aromatic carbocycles. The number of nitrogens with one attached hydrogen (secondary N) is 1. The van der Waals surface area contributed by atoms with Gasteiger partial charge in [0.05, 0.1) is 16.8 Å². The van der Waals surface area contributed by atoms with Crippen LogP contribution in [0.1, 0.15) is 50.0 Å². The first-order valence-electron chi connectivity index (χ1n) is 12.1. The lowest BCUT2D eigenvalue weighted by Gasteiger charge is -2.34. The molecule has 2 aliphatic heterocycles. The Balaban J connectivity index is 1.50. The van der Waals surface area contributed by atoms with Crippen molar-refractivity contribution in [2.24, 2.45) is 5.41 Å². The number of pyridine rings is 1. The van der Waals surface area contributed by atoms with E-state index in [1.54, 1.807) is 17.5 Å². The number of imide groups is 1. The Labute approximate surface area is 214 Å². The monoisotopic (exact) mass is 511 g/mol. The maximum atomic E-state index is 12.7. The fourth-order valence-corrected chi connectivity index (χ4v) is 6.39. The number of carbonyl (C=O) groups excluding carboxylic acids is 2. The average molecular weight is 512 g/mol. The van der Waals surface area contributed by atoms with Crippen molar-refractivity contribution < 1.29 is 14.3 Å². The maximum absolute atomic E-state index is 12.7. The quantitative estimate of drug-likeness (QED) is 0.443. The molecule has 2 aromatic heterocycles. The maximum Gasteiger partial charge on any atom is 0.230 e. The molecule has 184 valence electrons. The van der Waals surface area contributed by atoms with Crippen LogP contribution in [0.4, 0.5) is 0 Å². The van der Waals surface area contributed by atoms with Crippen molar-refractivity contribution in [1.29, 1.82) is 0 Å². The number of fused-ring (bicyclic) bond motifs is 1. The number of amides is 2. The standard InChI is InChI=1S/C27H30ClN3O3S/c1-16-10-17(28)11-21(25(16)34-18-4-7-29-8-5-18)20-6-9-30-22-12-19(35-26(20)22)15-31-23(32)13-27(2,3)14-24(31)33/h6,9-12,18,29H,4-5,7-8,13-15H2,1-3H3. The fourth-order valence-electron chi connectivity index (χ4n) is 4.99. The van der Waals surface area contributed by atoms with Crippen molar-refractivity contribution in [3.05, 3.63) is 45.9 Å². The molecule has 0 saturated carbocycles. The number of benzene rings is 1. The largest absolute Gasteiger partial charge is 0.489 e. The van der Waals surface area contributed by atoms with Gasteiger partial charge in [-0.05, 0) is 68.1 Å². The minimum absolute atomic E-state index is 0.111. The number of nitrogens with zero attached hydrogens (tertiary/aromatic N) is 2. The summed E-state index contributed by atoms with van der Waals surface area (Å²) in [4.78, 5) is 32.3. The highest BCUT2D eigenvalue weighted by molar-refractivity contribution is 7.19. The van der Waals surface area contributed by atoms with Gasteiger partial charge in [-0.2, -0.15) is 0 Å². The second kappa shape index (κ2) is 9.52. The third-order valence-corrected chi connectivity index (χ3v) is 8.10. The van der Waals surface area contributed by atoms with E-state index < -0.39 is 0 Å². The Morgan fingerprint density at radius 3 is 2.57 bits per heavy atom. The van der Waals surface area contributed by atoms with Crippen molar-refractivity contribution in [2.75, 3.05) is 13.1 Å². The normalized spacial score (nSPS) is 18.9. The summed E-state index contributed by atoms with van der Waals surface area (Å²) in [7, 11) is 0. The van der Waals surface area contributed by atoms with E-state index >= 15 is 0 Å². The lowest BCUT2D eigenvalue weighted by atomic mass is 9.82. The molecule has 2 fully saturated rings. The lowest BCUT2D eigenvalue weighted by Crippen LogP contribution is -2.45. The number of aryl methyl sites for hydroxylation is 1. The number of rotatable bonds is 5. The molecule has 0 atom stereocenters. The Bertz CT molecular complexity index is 1280. The Morgan fingerprint density at radius 2 is 1.86 bits per heavy atom. The number of piperidine rings is 2. The smallest absolute Gasteiger partial charge is 0.230 e. The summed E-state index contributed by atoms with van der Waals surface area (Å²) in [5, 5.41) is 4.04. The highest BCUT2D eigenvalue weighted by Gasteiger charge is 2.37. The van der Waals surface area contributed by atoms with Gasteiger partial charge in [-0.15, -0.1) is 11.3 Å². The summed E-state index contributed by atoms with van der Waals surface area (Å²) >= 11 is 8.06. The van der Waals surface area contributed by atoms with Gasteiger partial charge in [-0.25, -0.2) is 0 Å². The van der Waals surface area contributed by atoms with Crippen molar-refractivity contribution in [3.8, 4) is 16.9 Å². The van der Waals surface area contributed by atoms with E-state index in [-0.39, 0.29) is 29.9 Å². The predicted octanol–water partition coefficient (Wildman–Crippen LogP) is 5.73. The van der Waals surface area contributed by atoms with Crippen LogP contribution in [0.3, 0.4) is 0 Å². The highest BCUT2D eigenvalue weighted by atomic mass is 35.5. The van der Waals surface area contributed by atoms with Crippen molar-refractivity contribution in [3.63, 3.8) is 0 Å².